The lowest BCUT2D eigenvalue weighted by molar-refractivity contribution is -0.131. The first kappa shape index (κ1) is 27.4. The van der Waals surface area contributed by atoms with Crippen molar-refractivity contribution in [3.63, 3.8) is 0 Å². The van der Waals surface area contributed by atoms with Gasteiger partial charge in [-0.05, 0) is 89.7 Å². The summed E-state index contributed by atoms with van der Waals surface area (Å²) in [5, 5.41) is 9.34. The van der Waals surface area contributed by atoms with E-state index in [0.29, 0.717) is 28.3 Å². The summed E-state index contributed by atoms with van der Waals surface area (Å²) in [6, 6.07) is 22.3. The molecular formula is C32H30N2O5S. The van der Waals surface area contributed by atoms with Crippen LogP contribution in [-0.4, -0.2) is 39.9 Å². The molecule has 5 rings (SSSR count). The van der Waals surface area contributed by atoms with Crippen LogP contribution in [0.15, 0.2) is 82.7 Å². The third-order valence-electron chi connectivity index (χ3n) is 7.19. The first-order valence-corrected chi connectivity index (χ1v) is 14.1. The van der Waals surface area contributed by atoms with Gasteiger partial charge in [0.15, 0.2) is 5.17 Å². The van der Waals surface area contributed by atoms with Crippen molar-refractivity contribution in [3.05, 3.63) is 100.0 Å². The van der Waals surface area contributed by atoms with Gasteiger partial charge in [-0.25, -0.2) is 9.79 Å². The number of aliphatic carboxylic acids is 1. The zero-order chi connectivity index (χ0) is 28.1. The number of hydrogen-bond donors (Lipinski definition) is 1. The van der Waals surface area contributed by atoms with Gasteiger partial charge < -0.3 is 9.84 Å². The van der Waals surface area contributed by atoms with Crippen LogP contribution < -0.4 is 4.74 Å². The molecule has 40 heavy (non-hydrogen) atoms. The Kier molecular flexibility index (Phi) is 8.45. The van der Waals surface area contributed by atoms with Crippen LogP contribution in [0.2, 0.25) is 0 Å². The van der Waals surface area contributed by atoms with E-state index in [1.165, 1.54) is 66.5 Å². The molecule has 0 unspecified atom stereocenters. The highest BCUT2D eigenvalue weighted by atomic mass is 32.2. The summed E-state index contributed by atoms with van der Waals surface area (Å²) in [6.45, 7) is 0.496. The molecule has 0 radical (unpaired) electrons. The summed E-state index contributed by atoms with van der Waals surface area (Å²) >= 11 is 1.25. The van der Waals surface area contributed by atoms with Gasteiger partial charge in [-0.1, -0.05) is 55.7 Å². The van der Waals surface area contributed by atoms with Gasteiger partial charge in [0.05, 0.1) is 10.6 Å². The second kappa shape index (κ2) is 12.3. The van der Waals surface area contributed by atoms with Gasteiger partial charge in [0.1, 0.15) is 12.4 Å². The van der Waals surface area contributed by atoms with Crippen LogP contribution in [0, 0.1) is 0 Å². The van der Waals surface area contributed by atoms with Crippen molar-refractivity contribution < 1.29 is 24.2 Å². The van der Waals surface area contributed by atoms with Crippen LogP contribution in [0.4, 0.5) is 5.69 Å². The van der Waals surface area contributed by atoms with Crippen molar-refractivity contribution in [3.8, 4) is 5.75 Å². The number of carboxylic acid groups (broad SMARTS) is 1. The third kappa shape index (κ3) is 6.51. The minimum atomic E-state index is -1.51. The van der Waals surface area contributed by atoms with Gasteiger partial charge in [-0.15, -0.1) is 0 Å². The molecule has 204 valence electrons. The number of nitrogens with zero attached hydrogens (tertiary/aromatic N) is 2. The number of ketones is 1. The maximum Gasteiger partial charge on any atom is 0.377 e. The lowest BCUT2D eigenvalue weighted by atomic mass is 9.84. The molecule has 1 amide bonds. The predicted octanol–water partition coefficient (Wildman–Crippen LogP) is 6.81. The topological polar surface area (TPSA) is 96.3 Å². The lowest BCUT2D eigenvalue weighted by Gasteiger charge is -2.22. The van der Waals surface area contributed by atoms with E-state index in [2.05, 4.69) is 29.3 Å². The van der Waals surface area contributed by atoms with Crippen LogP contribution in [0.1, 0.15) is 65.1 Å². The van der Waals surface area contributed by atoms with Crippen LogP contribution in [-0.2, 0) is 16.2 Å². The smallest absolute Gasteiger partial charge is 0.377 e. The van der Waals surface area contributed by atoms with Gasteiger partial charge in [0.2, 0.25) is 0 Å². The fraction of sp³-hybridized carbons (Fsp3) is 0.250. The summed E-state index contributed by atoms with van der Waals surface area (Å²) < 4.78 is 5.99. The van der Waals surface area contributed by atoms with Crippen LogP contribution >= 0.6 is 11.8 Å². The Morgan fingerprint density at radius 2 is 1.65 bits per heavy atom. The Balaban J connectivity index is 1.19. The number of aliphatic imine (C=N–C) groups is 1. The number of amides is 1. The normalized spacial score (nSPS) is 17.9. The minimum Gasteiger partial charge on any atom is -0.489 e. The van der Waals surface area contributed by atoms with Gasteiger partial charge in [-0.2, -0.15) is 0 Å². The van der Waals surface area contributed by atoms with E-state index >= 15 is 0 Å². The number of carbonyl (C=O) groups is 3. The lowest BCUT2D eigenvalue weighted by Crippen LogP contribution is -2.23. The molecule has 1 saturated heterocycles. The Morgan fingerprint density at radius 3 is 2.30 bits per heavy atom. The van der Waals surface area contributed by atoms with Gasteiger partial charge in [-0.3, -0.25) is 14.5 Å². The van der Waals surface area contributed by atoms with E-state index in [9.17, 15) is 14.4 Å². The van der Waals surface area contributed by atoms with Crippen molar-refractivity contribution in [1.82, 2.24) is 4.90 Å². The van der Waals surface area contributed by atoms with Crippen molar-refractivity contribution >= 4 is 46.4 Å². The summed E-state index contributed by atoms with van der Waals surface area (Å²) in [4.78, 5) is 41.7. The first-order valence-electron chi connectivity index (χ1n) is 13.3. The molecule has 0 bridgehead atoms. The molecule has 3 aromatic rings. The number of Topliss-reactive ketones (excluding diaryl/α,β-unsaturated/α-hetero) is 1. The second-order valence-electron chi connectivity index (χ2n) is 9.98. The summed E-state index contributed by atoms with van der Waals surface area (Å²) in [7, 11) is 1.65. The number of ether oxygens (including phenoxy) is 1. The fourth-order valence-corrected chi connectivity index (χ4v) is 5.86. The average Bonchev–Trinajstić information content (AvgIpc) is 3.25. The van der Waals surface area contributed by atoms with E-state index in [-0.39, 0.29) is 11.5 Å². The van der Waals surface area contributed by atoms with Crippen molar-refractivity contribution in [2.75, 3.05) is 7.05 Å². The van der Waals surface area contributed by atoms with Crippen LogP contribution in [0.25, 0.3) is 6.08 Å². The van der Waals surface area contributed by atoms with E-state index in [1.807, 2.05) is 30.3 Å². The molecule has 7 nitrogen and oxygen atoms in total. The maximum absolute atomic E-state index is 12.8. The van der Waals surface area contributed by atoms with Crippen molar-refractivity contribution in [1.29, 1.82) is 0 Å². The van der Waals surface area contributed by atoms with Crippen LogP contribution in [0.5, 0.6) is 5.75 Å². The van der Waals surface area contributed by atoms with Crippen molar-refractivity contribution in [2.24, 2.45) is 4.99 Å². The molecule has 1 N–H and O–H groups in total. The number of hydrogen-bond acceptors (Lipinski definition) is 6. The SMILES string of the molecule is CN1C(=O)/C(=C/c2ccc(OCc3ccc(C4CCCCC4)cc3)cc2)S/C1=N\c1ccc(C(=O)C(=O)O)cc1. The van der Waals surface area contributed by atoms with E-state index < -0.39 is 11.8 Å². The maximum atomic E-state index is 12.8. The molecule has 1 aliphatic heterocycles. The molecule has 0 spiro atoms. The molecule has 2 fully saturated rings. The number of carbonyl (C=O) groups excluding carboxylic acids is 2. The zero-order valence-corrected chi connectivity index (χ0v) is 23.0. The summed E-state index contributed by atoms with van der Waals surface area (Å²) in [5.74, 6) is -1.20. The van der Waals surface area contributed by atoms with Crippen LogP contribution in [0.3, 0.4) is 0 Å². The zero-order valence-electron chi connectivity index (χ0n) is 22.2. The highest BCUT2D eigenvalue weighted by molar-refractivity contribution is 8.18. The first-order chi connectivity index (χ1) is 19.4. The summed E-state index contributed by atoms with van der Waals surface area (Å²) in [6.07, 6.45) is 8.42. The molecule has 1 heterocycles. The standard InChI is InChI=1S/C32H30N2O5S/c1-34-30(36)28(40-32(34)33-26-15-13-25(14-16-26)29(35)31(37)38)19-21-9-17-27(18-10-21)39-20-22-7-11-24(12-8-22)23-5-3-2-4-6-23/h7-19,23H,2-6,20H2,1H3,(H,37,38)/b28-19-,33-32-. The molecule has 0 aromatic heterocycles. The predicted molar refractivity (Wildman–Crippen MR) is 157 cm³/mol. The molecule has 8 heteroatoms. The second-order valence-corrected chi connectivity index (χ2v) is 11.0. The Bertz CT molecular complexity index is 1450. The number of benzene rings is 3. The largest absolute Gasteiger partial charge is 0.489 e. The number of carboxylic acids is 1. The minimum absolute atomic E-state index is 0.0699. The molecular weight excluding hydrogens is 524 g/mol. The van der Waals surface area contributed by atoms with Gasteiger partial charge >= 0.3 is 5.97 Å². The van der Waals surface area contributed by atoms with E-state index in [0.717, 1.165) is 16.9 Å². The monoisotopic (exact) mass is 554 g/mol. The number of amidine groups is 1. The molecule has 2 aliphatic rings. The number of likely N-dealkylation sites (N-methyl/N-ethyl adjacent to an activating group) is 1. The van der Waals surface area contributed by atoms with E-state index in [4.69, 9.17) is 9.84 Å². The van der Waals surface area contributed by atoms with Gasteiger partial charge in [0, 0.05) is 12.6 Å². The Hall–Kier alpha value is -4.17. The Morgan fingerprint density at radius 1 is 0.975 bits per heavy atom. The fourth-order valence-electron chi connectivity index (χ4n) is 4.87. The quantitative estimate of drug-likeness (QED) is 0.187. The highest BCUT2D eigenvalue weighted by Crippen LogP contribution is 2.34. The van der Waals surface area contributed by atoms with Crippen molar-refractivity contribution in [2.45, 2.75) is 44.6 Å². The molecule has 1 aliphatic carbocycles. The molecule has 3 aromatic carbocycles. The molecule has 0 atom stereocenters. The summed E-state index contributed by atoms with van der Waals surface area (Å²) in [5.41, 5.74) is 4.02. The number of rotatable bonds is 8. The number of thioether (sulfide) groups is 1. The van der Waals surface area contributed by atoms with E-state index in [1.54, 1.807) is 19.2 Å². The average molecular weight is 555 g/mol. The highest BCUT2D eigenvalue weighted by Gasteiger charge is 2.30. The third-order valence-corrected chi connectivity index (χ3v) is 8.25. The van der Waals surface area contributed by atoms with Gasteiger partial charge in [0.25, 0.3) is 11.7 Å². The Labute approximate surface area is 237 Å². The molecule has 1 saturated carbocycles.